The first-order valence-electron chi connectivity index (χ1n) is 7.52. The highest BCUT2D eigenvalue weighted by molar-refractivity contribution is 5.35. The largest absolute Gasteiger partial charge is 0.306 e. The minimum Gasteiger partial charge on any atom is -0.306 e. The van der Waals surface area contributed by atoms with Gasteiger partial charge in [0.15, 0.2) is 0 Å². The molecule has 1 atom stereocenters. The fraction of sp³-hybridized carbons (Fsp3) is 0.529. The van der Waals surface area contributed by atoms with Gasteiger partial charge in [0.1, 0.15) is 11.6 Å². The third-order valence-electron chi connectivity index (χ3n) is 3.90. The number of nitrogens with one attached hydrogen (secondary N) is 1. The van der Waals surface area contributed by atoms with Gasteiger partial charge in [0.05, 0.1) is 6.04 Å². The number of halogens is 2. The van der Waals surface area contributed by atoms with Gasteiger partial charge in [-0.05, 0) is 57.2 Å². The summed E-state index contributed by atoms with van der Waals surface area (Å²) in [6.07, 6.45) is 7.30. The average Bonchev–Trinajstić information content (AvgIpc) is 2.47. The van der Waals surface area contributed by atoms with Crippen LogP contribution in [0.3, 0.4) is 0 Å². The summed E-state index contributed by atoms with van der Waals surface area (Å²) in [5.74, 6) is -0.863. The van der Waals surface area contributed by atoms with E-state index >= 15 is 0 Å². The zero-order chi connectivity index (χ0) is 14.5. The molecule has 1 aromatic rings. The standard InChI is InChI=1S/C17H23F2N/c1-3-11-20-17(13-7-5-4-6-8-13)15-14(18)10-9-12(2)16(15)19/h7,9-10,17,20H,3-6,8,11H2,1-2H3. The zero-order valence-corrected chi connectivity index (χ0v) is 12.3. The maximum absolute atomic E-state index is 14.4. The highest BCUT2D eigenvalue weighted by Crippen LogP contribution is 2.33. The van der Waals surface area contributed by atoms with Crippen LogP contribution in [0.1, 0.15) is 56.2 Å². The van der Waals surface area contributed by atoms with Crippen LogP contribution in [-0.2, 0) is 0 Å². The summed E-state index contributed by atoms with van der Waals surface area (Å²) in [6.45, 7) is 4.50. The van der Waals surface area contributed by atoms with Gasteiger partial charge in [0, 0.05) is 5.56 Å². The first kappa shape index (κ1) is 15.2. The molecular weight excluding hydrogens is 256 g/mol. The Balaban J connectivity index is 2.40. The lowest BCUT2D eigenvalue weighted by molar-refractivity contribution is 0.480. The number of hydrogen-bond acceptors (Lipinski definition) is 1. The Labute approximate surface area is 120 Å². The number of aryl methyl sites for hydroxylation is 1. The minimum atomic E-state index is -0.451. The van der Waals surface area contributed by atoms with Crippen molar-refractivity contribution in [1.82, 2.24) is 5.32 Å². The molecule has 3 heteroatoms. The van der Waals surface area contributed by atoms with Crippen molar-refractivity contribution in [3.8, 4) is 0 Å². The van der Waals surface area contributed by atoms with E-state index in [4.69, 9.17) is 0 Å². The monoisotopic (exact) mass is 279 g/mol. The molecule has 110 valence electrons. The van der Waals surface area contributed by atoms with E-state index in [0.29, 0.717) is 5.56 Å². The van der Waals surface area contributed by atoms with Crippen LogP contribution >= 0.6 is 0 Å². The van der Waals surface area contributed by atoms with Crippen LogP contribution in [0, 0.1) is 18.6 Å². The van der Waals surface area contributed by atoms with E-state index in [1.165, 1.54) is 18.6 Å². The molecule has 0 aromatic heterocycles. The lowest BCUT2D eigenvalue weighted by Crippen LogP contribution is -2.27. The van der Waals surface area contributed by atoms with Crippen molar-refractivity contribution >= 4 is 0 Å². The summed E-state index contributed by atoms with van der Waals surface area (Å²) in [4.78, 5) is 0. The molecular formula is C17H23F2N. The highest BCUT2D eigenvalue weighted by atomic mass is 19.1. The van der Waals surface area contributed by atoms with Crippen LogP contribution in [0.4, 0.5) is 8.78 Å². The van der Waals surface area contributed by atoms with Crippen LogP contribution < -0.4 is 5.32 Å². The summed E-state index contributed by atoms with van der Waals surface area (Å²) in [7, 11) is 0. The van der Waals surface area contributed by atoms with Gasteiger partial charge in [0.25, 0.3) is 0 Å². The van der Waals surface area contributed by atoms with Gasteiger partial charge in [-0.25, -0.2) is 8.78 Å². The highest BCUT2D eigenvalue weighted by Gasteiger charge is 2.24. The van der Waals surface area contributed by atoms with E-state index in [1.54, 1.807) is 6.92 Å². The average molecular weight is 279 g/mol. The number of rotatable bonds is 5. The first-order chi connectivity index (χ1) is 9.65. The normalized spacial score (nSPS) is 16.9. The molecule has 1 aromatic carbocycles. The van der Waals surface area contributed by atoms with E-state index in [0.717, 1.165) is 37.8 Å². The van der Waals surface area contributed by atoms with Crippen molar-refractivity contribution < 1.29 is 8.78 Å². The Morgan fingerprint density at radius 2 is 2.05 bits per heavy atom. The van der Waals surface area contributed by atoms with E-state index in [2.05, 4.69) is 18.3 Å². The Morgan fingerprint density at radius 1 is 1.25 bits per heavy atom. The van der Waals surface area contributed by atoms with Gasteiger partial charge >= 0.3 is 0 Å². The Bertz CT molecular complexity index is 494. The molecule has 0 aliphatic heterocycles. The fourth-order valence-corrected chi connectivity index (χ4v) is 2.78. The second-order valence-corrected chi connectivity index (χ2v) is 5.50. The van der Waals surface area contributed by atoms with E-state index < -0.39 is 11.6 Å². The summed E-state index contributed by atoms with van der Waals surface area (Å²) >= 11 is 0. The molecule has 0 radical (unpaired) electrons. The molecule has 1 aliphatic carbocycles. The van der Waals surface area contributed by atoms with Crippen molar-refractivity contribution in [3.63, 3.8) is 0 Å². The van der Waals surface area contributed by atoms with Crippen LogP contribution in [0.15, 0.2) is 23.8 Å². The third-order valence-corrected chi connectivity index (χ3v) is 3.90. The second kappa shape index (κ2) is 6.98. The second-order valence-electron chi connectivity index (χ2n) is 5.50. The molecule has 0 amide bonds. The molecule has 1 aliphatic rings. The predicted octanol–water partition coefficient (Wildman–Crippen LogP) is 4.81. The van der Waals surface area contributed by atoms with Crippen molar-refractivity contribution in [2.75, 3.05) is 6.54 Å². The smallest absolute Gasteiger partial charge is 0.134 e. The van der Waals surface area contributed by atoms with Crippen LogP contribution in [0.5, 0.6) is 0 Å². The summed E-state index contributed by atoms with van der Waals surface area (Å²) < 4.78 is 28.5. The molecule has 0 bridgehead atoms. The SMILES string of the molecule is CCCNC(C1=CCCCC1)c1c(F)ccc(C)c1F. The number of benzene rings is 1. The molecule has 0 fully saturated rings. The first-order valence-corrected chi connectivity index (χ1v) is 7.52. The summed E-state index contributed by atoms with van der Waals surface area (Å²) in [5, 5.41) is 3.32. The minimum absolute atomic E-state index is 0.187. The third kappa shape index (κ3) is 3.26. The molecule has 0 heterocycles. The Morgan fingerprint density at radius 3 is 2.70 bits per heavy atom. The fourth-order valence-electron chi connectivity index (χ4n) is 2.78. The lowest BCUT2D eigenvalue weighted by Gasteiger charge is -2.26. The lowest BCUT2D eigenvalue weighted by atomic mass is 9.88. The van der Waals surface area contributed by atoms with Crippen molar-refractivity contribution in [3.05, 3.63) is 46.5 Å². The molecule has 1 N–H and O–H groups in total. The molecule has 1 nitrogen and oxygen atoms in total. The van der Waals surface area contributed by atoms with Crippen molar-refractivity contribution in [2.24, 2.45) is 0 Å². The number of allylic oxidation sites excluding steroid dienone is 1. The molecule has 0 spiro atoms. The molecule has 20 heavy (non-hydrogen) atoms. The van der Waals surface area contributed by atoms with Crippen molar-refractivity contribution in [2.45, 2.75) is 52.0 Å². The van der Waals surface area contributed by atoms with Gasteiger partial charge < -0.3 is 5.32 Å². The van der Waals surface area contributed by atoms with Gasteiger partial charge in [-0.15, -0.1) is 0 Å². The quantitative estimate of drug-likeness (QED) is 0.762. The van der Waals surface area contributed by atoms with Crippen LogP contribution in [-0.4, -0.2) is 6.54 Å². The Hall–Kier alpha value is -1.22. The van der Waals surface area contributed by atoms with Gasteiger partial charge in [0.2, 0.25) is 0 Å². The summed E-state index contributed by atoms with van der Waals surface area (Å²) in [6, 6.07) is 2.55. The molecule has 1 unspecified atom stereocenters. The molecule has 0 saturated carbocycles. The van der Waals surface area contributed by atoms with Gasteiger partial charge in [-0.3, -0.25) is 0 Å². The number of hydrogen-bond donors (Lipinski definition) is 1. The Kier molecular flexibility index (Phi) is 5.30. The van der Waals surface area contributed by atoms with Crippen LogP contribution in [0.2, 0.25) is 0 Å². The van der Waals surface area contributed by atoms with E-state index in [9.17, 15) is 8.78 Å². The topological polar surface area (TPSA) is 12.0 Å². The molecule has 0 saturated heterocycles. The van der Waals surface area contributed by atoms with Gasteiger partial charge in [-0.1, -0.05) is 24.6 Å². The summed E-state index contributed by atoms with van der Waals surface area (Å²) in [5.41, 5.74) is 1.82. The van der Waals surface area contributed by atoms with Gasteiger partial charge in [-0.2, -0.15) is 0 Å². The van der Waals surface area contributed by atoms with E-state index in [1.807, 2.05) is 0 Å². The zero-order valence-electron chi connectivity index (χ0n) is 12.3. The van der Waals surface area contributed by atoms with Crippen LogP contribution in [0.25, 0.3) is 0 Å². The van der Waals surface area contributed by atoms with E-state index in [-0.39, 0.29) is 11.6 Å². The predicted molar refractivity (Wildman–Crippen MR) is 78.7 cm³/mol. The van der Waals surface area contributed by atoms with Crippen molar-refractivity contribution in [1.29, 1.82) is 0 Å². The molecule has 2 rings (SSSR count). The maximum Gasteiger partial charge on any atom is 0.134 e. The maximum atomic E-state index is 14.4.